The second kappa shape index (κ2) is 5.01. The zero-order chi connectivity index (χ0) is 11.4. The van der Waals surface area contributed by atoms with Gasteiger partial charge < -0.3 is 11.1 Å². The van der Waals surface area contributed by atoms with Crippen LogP contribution in [0, 0.1) is 6.92 Å². The molecule has 88 valence electrons. The molecular weight excluding hydrogens is 202 g/mol. The number of nitrogens with one attached hydrogen (secondary N) is 2. The summed E-state index contributed by atoms with van der Waals surface area (Å²) < 4.78 is 0. The summed E-state index contributed by atoms with van der Waals surface area (Å²) in [6.45, 7) is 2.81. The molecular formula is C11H19N5. The predicted octanol–water partition coefficient (Wildman–Crippen LogP) is 0.717. The molecule has 0 aromatic carbocycles. The molecule has 1 aliphatic carbocycles. The summed E-state index contributed by atoms with van der Waals surface area (Å²) in [5, 5.41) is 10.1. The third-order valence-corrected chi connectivity index (χ3v) is 2.75. The Balaban J connectivity index is 1.65. The molecule has 0 aliphatic heterocycles. The van der Waals surface area contributed by atoms with Gasteiger partial charge in [-0.25, -0.2) is 0 Å². The minimum Gasteiger partial charge on any atom is -0.370 e. The Hall–Kier alpha value is -1.52. The van der Waals surface area contributed by atoms with Crippen LogP contribution in [0.1, 0.15) is 30.5 Å². The van der Waals surface area contributed by atoms with Crippen LogP contribution < -0.4 is 11.1 Å². The maximum absolute atomic E-state index is 5.72. The van der Waals surface area contributed by atoms with Gasteiger partial charge in [0.2, 0.25) is 0 Å². The average molecular weight is 221 g/mol. The fourth-order valence-electron chi connectivity index (χ4n) is 1.58. The van der Waals surface area contributed by atoms with Crippen LogP contribution in [0.5, 0.6) is 0 Å². The van der Waals surface area contributed by atoms with Crippen molar-refractivity contribution in [1.29, 1.82) is 0 Å². The van der Waals surface area contributed by atoms with Crippen LogP contribution >= 0.6 is 0 Å². The molecule has 0 saturated heterocycles. The van der Waals surface area contributed by atoms with E-state index in [-0.39, 0.29) is 0 Å². The van der Waals surface area contributed by atoms with E-state index in [1.54, 1.807) is 0 Å². The highest BCUT2D eigenvalue weighted by Gasteiger charge is 2.21. The molecule has 1 aliphatic rings. The van der Waals surface area contributed by atoms with Crippen molar-refractivity contribution < 1.29 is 0 Å². The quantitative estimate of drug-likeness (QED) is 0.389. The van der Waals surface area contributed by atoms with E-state index in [4.69, 9.17) is 5.73 Å². The summed E-state index contributed by atoms with van der Waals surface area (Å²) in [6, 6.07) is 0.583. The van der Waals surface area contributed by atoms with Gasteiger partial charge in [-0.1, -0.05) is 0 Å². The van der Waals surface area contributed by atoms with Gasteiger partial charge in [-0.05, 0) is 38.2 Å². The molecule has 0 radical (unpaired) electrons. The highest BCUT2D eigenvalue weighted by molar-refractivity contribution is 5.78. The summed E-state index contributed by atoms with van der Waals surface area (Å²) >= 11 is 0. The first-order valence-corrected chi connectivity index (χ1v) is 5.81. The summed E-state index contributed by atoms with van der Waals surface area (Å²) in [5.41, 5.74) is 8.14. The normalized spacial score (nSPS) is 16.4. The van der Waals surface area contributed by atoms with E-state index >= 15 is 0 Å². The van der Waals surface area contributed by atoms with Crippen molar-refractivity contribution in [3.8, 4) is 0 Å². The van der Waals surface area contributed by atoms with E-state index in [0.29, 0.717) is 12.0 Å². The van der Waals surface area contributed by atoms with E-state index in [0.717, 1.165) is 25.1 Å². The van der Waals surface area contributed by atoms with Crippen molar-refractivity contribution in [3.63, 3.8) is 0 Å². The highest BCUT2D eigenvalue weighted by atomic mass is 15.1. The van der Waals surface area contributed by atoms with Gasteiger partial charge in [0, 0.05) is 18.3 Å². The molecule has 0 bridgehead atoms. The average Bonchev–Trinajstić information content (AvgIpc) is 2.96. The van der Waals surface area contributed by atoms with Crippen LogP contribution in [-0.2, 0) is 6.42 Å². The molecule has 1 aromatic rings. The van der Waals surface area contributed by atoms with Crippen LogP contribution in [0.3, 0.4) is 0 Å². The number of guanidine groups is 1. The number of aliphatic imine (C=N–C) groups is 1. The van der Waals surface area contributed by atoms with E-state index in [2.05, 4.69) is 20.5 Å². The summed E-state index contributed by atoms with van der Waals surface area (Å²) in [7, 11) is 0. The van der Waals surface area contributed by atoms with Crippen molar-refractivity contribution in [1.82, 2.24) is 15.5 Å². The molecule has 5 nitrogen and oxygen atoms in total. The lowest BCUT2D eigenvalue weighted by Gasteiger charge is -2.02. The topological polar surface area (TPSA) is 79.1 Å². The molecule has 1 aromatic heterocycles. The highest BCUT2D eigenvalue weighted by Crippen LogP contribution is 2.17. The van der Waals surface area contributed by atoms with Gasteiger partial charge >= 0.3 is 0 Å². The van der Waals surface area contributed by atoms with Crippen molar-refractivity contribution >= 4 is 5.96 Å². The molecule has 5 heteroatoms. The predicted molar refractivity (Wildman–Crippen MR) is 64.3 cm³/mol. The van der Waals surface area contributed by atoms with Gasteiger partial charge in [0.1, 0.15) is 0 Å². The number of rotatable bonds is 5. The Morgan fingerprint density at radius 1 is 1.69 bits per heavy atom. The van der Waals surface area contributed by atoms with E-state index < -0.39 is 0 Å². The number of nitrogens with two attached hydrogens (primary N) is 1. The first-order chi connectivity index (χ1) is 7.75. The number of aromatic amines is 1. The van der Waals surface area contributed by atoms with Crippen LogP contribution in [0.2, 0.25) is 0 Å². The van der Waals surface area contributed by atoms with Gasteiger partial charge in [0.15, 0.2) is 5.96 Å². The Kier molecular flexibility index (Phi) is 3.44. The third-order valence-electron chi connectivity index (χ3n) is 2.75. The van der Waals surface area contributed by atoms with Gasteiger partial charge in [0.05, 0.1) is 6.20 Å². The van der Waals surface area contributed by atoms with Gasteiger partial charge in [-0.15, -0.1) is 0 Å². The van der Waals surface area contributed by atoms with Crippen LogP contribution in [0.15, 0.2) is 11.2 Å². The van der Waals surface area contributed by atoms with E-state index in [9.17, 15) is 0 Å². The monoisotopic (exact) mass is 221 g/mol. The van der Waals surface area contributed by atoms with E-state index in [1.807, 2.05) is 13.1 Å². The molecule has 0 amide bonds. The van der Waals surface area contributed by atoms with Crippen molar-refractivity contribution in [2.75, 3.05) is 6.54 Å². The Morgan fingerprint density at radius 2 is 2.50 bits per heavy atom. The maximum Gasteiger partial charge on any atom is 0.188 e. The first kappa shape index (κ1) is 11.0. The molecule has 2 rings (SSSR count). The molecule has 1 saturated carbocycles. The van der Waals surface area contributed by atoms with Crippen molar-refractivity contribution in [2.24, 2.45) is 10.7 Å². The summed E-state index contributed by atoms with van der Waals surface area (Å²) in [5.74, 6) is 0.589. The van der Waals surface area contributed by atoms with E-state index in [1.165, 1.54) is 18.4 Å². The smallest absolute Gasteiger partial charge is 0.188 e. The van der Waals surface area contributed by atoms with Crippen LogP contribution in [0.25, 0.3) is 0 Å². The summed E-state index contributed by atoms with van der Waals surface area (Å²) in [6.07, 6.45) is 6.34. The molecule has 1 heterocycles. The van der Waals surface area contributed by atoms with Gasteiger partial charge in [-0.2, -0.15) is 5.10 Å². The fraction of sp³-hybridized carbons (Fsp3) is 0.636. The zero-order valence-corrected chi connectivity index (χ0v) is 9.66. The van der Waals surface area contributed by atoms with Crippen molar-refractivity contribution in [2.45, 2.75) is 38.6 Å². The second-order valence-electron chi connectivity index (χ2n) is 4.31. The molecule has 16 heavy (non-hydrogen) atoms. The minimum absolute atomic E-state index is 0.583. The number of aryl methyl sites for hydroxylation is 2. The lowest BCUT2D eigenvalue weighted by Crippen LogP contribution is -2.33. The molecule has 0 unspecified atom stereocenters. The summed E-state index contributed by atoms with van der Waals surface area (Å²) in [4.78, 5) is 4.29. The third kappa shape index (κ3) is 3.25. The second-order valence-corrected chi connectivity index (χ2v) is 4.31. The Morgan fingerprint density at radius 3 is 3.12 bits per heavy atom. The van der Waals surface area contributed by atoms with Crippen LogP contribution in [-0.4, -0.2) is 28.7 Å². The number of aromatic nitrogens is 2. The molecule has 0 spiro atoms. The number of hydrogen-bond donors (Lipinski definition) is 3. The molecule has 0 atom stereocenters. The maximum atomic E-state index is 5.72. The minimum atomic E-state index is 0.583. The zero-order valence-electron chi connectivity index (χ0n) is 9.66. The fourth-order valence-corrected chi connectivity index (χ4v) is 1.58. The molecule has 1 fully saturated rings. The largest absolute Gasteiger partial charge is 0.370 e. The lowest BCUT2D eigenvalue weighted by molar-refractivity contribution is 0.810. The van der Waals surface area contributed by atoms with Crippen LogP contribution in [0.4, 0.5) is 0 Å². The standard InChI is InChI=1S/C11H19N5/c1-8-9(7-14-16-8)3-2-6-13-11(12)15-10-4-5-10/h7,10H,2-6H2,1H3,(H,14,16)(H3,12,13,15). The Bertz CT molecular complexity index is 364. The number of nitrogens with zero attached hydrogens (tertiary/aromatic N) is 2. The lowest BCUT2D eigenvalue weighted by atomic mass is 10.1. The van der Waals surface area contributed by atoms with Crippen molar-refractivity contribution in [3.05, 3.63) is 17.5 Å². The molecule has 4 N–H and O–H groups in total. The first-order valence-electron chi connectivity index (χ1n) is 5.81. The van der Waals surface area contributed by atoms with Gasteiger partial charge in [-0.3, -0.25) is 10.1 Å². The van der Waals surface area contributed by atoms with Gasteiger partial charge in [0.25, 0.3) is 0 Å². The number of H-pyrrole nitrogens is 1. The Labute approximate surface area is 95.5 Å². The SMILES string of the molecule is Cc1[nH]ncc1CCCN=C(N)NC1CC1. The number of hydrogen-bond acceptors (Lipinski definition) is 2.